The van der Waals surface area contributed by atoms with Crippen molar-refractivity contribution >= 4 is 12.6 Å². The van der Waals surface area contributed by atoms with Crippen molar-refractivity contribution in [3.63, 3.8) is 0 Å². The maximum Gasteiger partial charge on any atom is 0.00166 e. The van der Waals surface area contributed by atoms with Gasteiger partial charge < -0.3 is 4.90 Å². The molecule has 0 aromatic rings. The lowest BCUT2D eigenvalue weighted by Gasteiger charge is -2.24. The zero-order chi connectivity index (χ0) is 10.4. The van der Waals surface area contributed by atoms with E-state index in [1.165, 1.54) is 13.0 Å². The van der Waals surface area contributed by atoms with E-state index in [1.54, 1.807) is 0 Å². The predicted molar refractivity (Wildman–Crippen MR) is 64.6 cm³/mol. The van der Waals surface area contributed by atoms with Crippen LogP contribution in [0.2, 0.25) is 0 Å². The quantitative estimate of drug-likeness (QED) is 0.650. The monoisotopic (exact) mass is 203 g/mol. The molecule has 0 amide bonds. The summed E-state index contributed by atoms with van der Waals surface area (Å²) in [5.41, 5.74) is 0. The second-order valence-electron chi connectivity index (χ2n) is 4.26. The lowest BCUT2D eigenvalue weighted by molar-refractivity contribution is 0.281. The van der Waals surface area contributed by atoms with Crippen LogP contribution in [0.5, 0.6) is 0 Å². The molecule has 0 rings (SSSR count). The maximum absolute atomic E-state index is 4.49. The van der Waals surface area contributed by atoms with E-state index in [2.05, 4.69) is 52.3 Å². The van der Waals surface area contributed by atoms with E-state index in [-0.39, 0.29) is 0 Å². The van der Waals surface area contributed by atoms with Gasteiger partial charge in [-0.3, -0.25) is 0 Å². The molecule has 0 aliphatic rings. The van der Waals surface area contributed by atoms with Gasteiger partial charge in [-0.15, -0.1) is 0 Å². The molecular weight excluding hydrogens is 178 g/mol. The minimum Gasteiger partial charge on any atom is -0.307 e. The molecular formula is C11H25NS. The average molecular weight is 203 g/mol. The third kappa shape index (κ3) is 5.58. The second-order valence-corrected chi connectivity index (χ2v) is 5.08. The summed E-state index contributed by atoms with van der Waals surface area (Å²) in [6.45, 7) is 11.4. The zero-order valence-corrected chi connectivity index (χ0v) is 10.6. The first-order valence-electron chi connectivity index (χ1n) is 5.35. The fourth-order valence-electron chi connectivity index (χ4n) is 1.32. The van der Waals surface area contributed by atoms with Crippen molar-refractivity contribution in [2.75, 3.05) is 20.1 Å². The Kier molecular flexibility index (Phi) is 6.88. The third-order valence-corrected chi connectivity index (χ3v) is 3.63. The molecule has 0 spiro atoms. The molecule has 3 atom stereocenters. The van der Waals surface area contributed by atoms with Crippen LogP contribution in [0, 0.1) is 11.8 Å². The van der Waals surface area contributed by atoms with Gasteiger partial charge in [-0.2, -0.15) is 12.6 Å². The average Bonchev–Trinajstić information content (AvgIpc) is 2.11. The number of hydrogen-bond acceptors (Lipinski definition) is 2. The second kappa shape index (κ2) is 6.72. The summed E-state index contributed by atoms with van der Waals surface area (Å²) >= 11 is 4.49. The Bertz CT molecular complexity index is 125. The van der Waals surface area contributed by atoms with Crippen molar-refractivity contribution in [3.8, 4) is 0 Å². The number of rotatable bonds is 6. The molecule has 13 heavy (non-hydrogen) atoms. The molecule has 0 bridgehead atoms. The molecule has 2 unspecified atom stereocenters. The van der Waals surface area contributed by atoms with E-state index < -0.39 is 0 Å². The molecule has 0 aromatic heterocycles. The van der Waals surface area contributed by atoms with E-state index in [4.69, 9.17) is 0 Å². The highest BCUT2D eigenvalue weighted by Crippen LogP contribution is 2.21. The van der Waals surface area contributed by atoms with Crippen molar-refractivity contribution in [1.29, 1.82) is 0 Å². The minimum absolute atomic E-state index is 0.516. The Morgan fingerprint density at radius 3 is 2.15 bits per heavy atom. The Hall–Kier alpha value is 0.310. The molecule has 0 radical (unpaired) electrons. The summed E-state index contributed by atoms with van der Waals surface area (Å²) in [6, 6.07) is 0. The first kappa shape index (κ1) is 13.3. The van der Waals surface area contributed by atoms with Gasteiger partial charge in [0, 0.05) is 5.25 Å². The van der Waals surface area contributed by atoms with Gasteiger partial charge in [0.25, 0.3) is 0 Å². The summed E-state index contributed by atoms with van der Waals surface area (Å²) in [7, 11) is 2.18. The summed E-state index contributed by atoms with van der Waals surface area (Å²) in [5, 5.41) is 0.516. The minimum atomic E-state index is 0.516. The van der Waals surface area contributed by atoms with Crippen LogP contribution in [0.15, 0.2) is 0 Å². The molecule has 80 valence electrons. The van der Waals surface area contributed by atoms with E-state index >= 15 is 0 Å². The summed E-state index contributed by atoms with van der Waals surface area (Å²) in [5.74, 6) is 1.50. The Balaban J connectivity index is 3.67. The Morgan fingerprint density at radius 2 is 1.77 bits per heavy atom. The largest absolute Gasteiger partial charge is 0.307 e. The molecule has 0 N–H and O–H groups in total. The van der Waals surface area contributed by atoms with Gasteiger partial charge in [0.1, 0.15) is 0 Å². The molecule has 1 nitrogen and oxygen atoms in total. The van der Waals surface area contributed by atoms with Gasteiger partial charge in [-0.25, -0.2) is 0 Å². The van der Waals surface area contributed by atoms with Crippen LogP contribution in [0.25, 0.3) is 0 Å². The molecule has 0 saturated heterocycles. The van der Waals surface area contributed by atoms with Gasteiger partial charge in [0.2, 0.25) is 0 Å². The van der Waals surface area contributed by atoms with Crippen LogP contribution in [-0.2, 0) is 0 Å². The van der Waals surface area contributed by atoms with Gasteiger partial charge in [0.15, 0.2) is 0 Å². The first-order chi connectivity index (χ1) is 5.99. The van der Waals surface area contributed by atoms with E-state index in [1.807, 2.05) is 0 Å². The normalized spacial score (nSPS) is 18.7. The summed E-state index contributed by atoms with van der Waals surface area (Å²) in [6.07, 6.45) is 1.29. The molecule has 0 aliphatic heterocycles. The molecule has 0 saturated carbocycles. The standard InChI is InChI=1S/C11H25NS/c1-6-12(5)8-7-9(2)10(3)11(4)13/h9-11,13H,6-8H2,1-5H3/t9?,10-,11?/m1/s1. The van der Waals surface area contributed by atoms with E-state index in [0.717, 1.165) is 12.5 Å². The van der Waals surface area contributed by atoms with Crippen molar-refractivity contribution in [1.82, 2.24) is 4.90 Å². The Morgan fingerprint density at radius 1 is 1.23 bits per heavy atom. The fraction of sp³-hybridized carbons (Fsp3) is 1.00. The van der Waals surface area contributed by atoms with E-state index in [9.17, 15) is 0 Å². The van der Waals surface area contributed by atoms with Crippen molar-refractivity contribution < 1.29 is 0 Å². The van der Waals surface area contributed by atoms with Crippen molar-refractivity contribution in [3.05, 3.63) is 0 Å². The van der Waals surface area contributed by atoms with Gasteiger partial charge in [-0.05, 0) is 38.4 Å². The lowest BCUT2D eigenvalue weighted by Crippen LogP contribution is -2.24. The topological polar surface area (TPSA) is 3.24 Å². The summed E-state index contributed by atoms with van der Waals surface area (Å²) < 4.78 is 0. The summed E-state index contributed by atoms with van der Waals surface area (Å²) in [4.78, 5) is 2.37. The third-order valence-electron chi connectivity index (χ3n) is 3.16. The molecule has 0 aromatic carbocycles. The number of thiol groups is 1. The number of hydrogen-bond donors (Lipinski definition) is 1. The van der Waals surface area contributed by atoms with E-state index in [0.29, 0.717) is 11.2 Å². The SMILES string of the molecule is CCN(C)CCC(C)[C@@H](C)C(C)S. The molecule has 2 heteroatoms. The lowest BCUT2D eigenvalue weighted by atomic mass is 9.90. The van der Waals surface area contributed by atoms with Gasteiger partial charge in [-0.1, -0.05) is 27.7 Å². The Labute approximate surface area is 89.3 Å². The van der Waals surface area contributed by atoms with Gasteiger partial charge >= 0.3 is 0 Å². The van der Waals surface area contributed by atoms with Crippen LogP contribution < -0.4 is 0 Å². The highest BCUT2D eigenvalue weighted by atomic mass is 32.1. The van der Waals surface area contributed by atoms with Gasteiger partial charge in [0.05, 0.1) is 0 Å². The molecule has 0 fully saturated rings. The van der Waals surface area contributed by atoms with Crippen molar-refractivity contribution in [2.45, 2.75) is 39.4 Å². The number of nitrogens with zero attached hydrogens (tertiary/aromatic N) is 1. The maximum atomic E-state index is 4.49. The molecule has 0 aliphatic carbocycles. The van der Waals surface area contributed by atoms with Crippen LogP contribution in [0.1, 0.15) is 34.1 Å². The van der Waals surface area contributed by atoms with Crippen LogP contribution in [0.4, 0.5) is 0 Å². The predicted octanol–water partition coefficient (Wildman–Crippen LogP) is 2.92. The zero-order valence-electron chi connectivity index (χ0n) is 9.75. The first-order valence-corrected chi connectivity index (χ1v) is 5.87. The van der Waals surface area contributed by atoms with Crippen LogP contribution >= 0.6 is 12.6 Å². The molecule has 0 heterocycles. The van der Waals surface area contributed by atoms with Crippen molar-refractivity contribution in [2.24, 2.45) is 11.8 Å². The smallest absolute Gasteiger partial charge is 0.00166 e. The highest BCUT2D eigenvalue weighted by Gasteiger charge is 2.16. The van der Waals surface area contributed by atoms with Crippen LogP contribution in [-0.4, -0.2) is 30.3 Å². The van der Waals surface area contributed by atoms with Crippen LogP contribution in [0.3, 0.4) is 0 Å². The fourth-order valence-corrected chi connectivity index (χ4v) is 1.61. The highest BCUT2D eigenvalue weighted by molar-refractivity contribution is 7.80.